The van der Waals surface area contributed by atoms with E-state index < -0.39 is 15.9 Å². The number of carbonyl (C=O) groups is 1. The first-order chi connectivity index (χ1) is 9.93. The highest BCUT2D eigenvalue weighted by atomic mass is 32.2. The second-order valence-electron chi connectivity index (χ2n) is 5.48. The number of benzene rings is 1. The molecule has 116 valence electrons. The Kier molecular flexibility index (Phi) is 5.00. The van der Waals surface area contributed by atoms with E-state index in [9.17, 15) is 13.2 Å². The van der Waals surface area contributed by atoms with Crippen LogP contribution in [0, 0.1) is 0 Å². The van der Waals surface area contributed by atoms with Gasteiger partial charge in [0.1, 0.15) is 0 Å². The van der Waals surface area contributed by atoms with Crippen LogP contribution >= 0.6 is 0 Å². The minimum Gasteiger partial charge on any atom is -0.338 e. The predicted molar refractivity (Wildman–Crippen MR) is 82.6 cm³/mol. The van der Waals surface area contributed by atoms with Crippen molar-refractivity contribution < 1.29 is 13.2 Å². The number of amides is 1. The Morgan fingerprint density at radius 1 is 1.38 bits per heavy atom. The van der Waals surface area contributed by atoms with Gasteiger partial charge in [-0.15, -0.1) is 0 Å². The molecule has 1 fully saturated rings. The highest BCUT2D eigenvalue weighted by Gasteiger charge is 2.35. The van der Waals surface area contributed by atoms with Crippen LogP contribution in [0.15, 0.2) is 30.3 Å². The second kappa shape index (κ2) is 6.58. The first-order valence-electron chi connectivity index (χ1n) is 7.23. The summed E-state index contributed by atoms with van der Waals surface area (Å²) in [6.45, 7) is 2.35. The van der Waals surface area contributed by atoms with E-state index in [0.29, 0.717) is 19.4 Å². The topological polar surface area (TPSA) is 80.5 Å². The smallest absolute Gasteiger partial charge is 0.240 e. The van der Waals surface area contributed by atoms with E-state index in [1.807, 2.05) is 37.3 Å². The standard InChI is InChI=1S/C15H22N2O3S/c1-2-17(13-8-9-21(19,20)11-13)15(18)14(16)10-12-6-4-3-5-7-12/h3-7,13-14H,2,8-11,16H2,1H3/t13?,14-/m0/s1. The Morgan fingerprint density at radius 2 is 2.05 bits per heavy atom. The fraction of sp³-hybridized carbons (Fsp3) is 0.533. The summed E-state index contributed by atoms with van der Waals surface area (Å²) < 4.78 is 23.2. The maximum absolute atomic E-state index is 12.5. The van der Waals surface area contributed by atoms with Gasteiger partial charge in [0.05, 0.1) is 17.5 Å². The first kappa shape index (κ1) is 16.0. The monoisotopic (exact) mass is 310 g/mol. The zero-order valence-electron chi connectivity index (χ0n) is 12.2. The molecule has 1 amide bonds. The van der Waals surface area contributed by atoms with E-state index in [1.165, 1.54) is 0 Å². The molecule has 1 unspecified atom stereocenters. The third kappa shape index (κ3) is 4.04. The van der Waals surface area contributed by atoms with Crippen molar-refractivity contribution in [3.8, 4) is 0 Å². The van der Waals surface area contributed by atoms with Gasteiger partial charge in [-0.1, -0.05) is 30.3 Å². The summed E-state index contributed by atoms with van der Waals surface area (Å²) in [5, 5.41) is 0. The Labute approximate surface area is 126 Å². The second-order valence-corrected chi connectivity index (χ2v) is 7.71. The van der Waals surface area contributed by atoms with Crippen LogP contribution in [-0.2, 0) is 21.1 Å². The molecule has 2 rings (SSSR count). The van der Waals surface area contributed by atoms with Crippen LogP contribution in [0.25, 0.3) is 0 Å². The number of carbonyl (C=O) groups excluding carboxylic acids is 1. The first-order valence-corrected chi connectivity index (χ1v) is 9.05. The zero-order valence-corrected chi connectivity index (χ0v) is 13.1. The van der Waals surface area contributed by atoms with Crippen molar-refractivity contribution in [1.82, 2.24) is 4.90 Å². The molecule has 5 nitrogen and oxygen atoms in total. The maximum atomic E-state index is 12.5. The van der Waals surface area contributed by atoms with Crippen molar-refractivity contribution >= 4 is 15.7 Å². The van der Waals surface area contributed by atoms with Crippen LogP contribution in [0.4, 0.5) is 0 Å². The Balaban J connectivity index is 2.03. The molecule has 0 bridgehead atoms. The van der Waals surface area contributed by atoms with Crippen LogP contribution in [0.2, 0.25) is 0 Å². The summed E-state index contributed by atoms with van der Waals surface area (Å²) in [5.74, 6) is 0.0588. The molecule has 1 heterocycles. The highest BCUT2D eigenvalue weighted by Crippen LogP contribution is 2.18. The molecule has 1 aliphatic rings. The van der Waals surface area contributed by atoms with Crippen molar-refractivity contribution in [2.45, 2.75) is 31.8 Å². The van der Waals surface area contributed by atoms with Crippen LogP contribution in [0.3, 0.4) is 0 Å². The summed E-state index contributed by atoms with van der Waals surface area (Å²) in [6, 6.07) is 8.75. The average Bonchev–Trinajstić information content (AvgIpc) is 2.80. The molecule has 2 atom stereocenters. The summed E-state index contributed by atoms with van der Waals surface area (Å²) in [7, 11) is -3.00. The molecular formula is C15H22N2O3S. The quantitative estimate of drug-likeness (QED) is 0.863. The number of sulfone groups is 1. The van der Waals surface area contributed by atoms with Crippen molar-refractivity contribution in [3.63, 3.8) is 0 Å². The lowest BCUT2D eigenvalue weighted by molar-refractivity contribution is -0.134. The lowest BCUT2D eigenvalue weighted by Crippen LogP contribution is -2.49. The molecule has 0 saturated carbocycles. The van der Waals surface area contributed by atoms with Crippen LogP contribution in [0.5, 0.6) is 0 Å². The lowest BCUT2D eigenvalue weighted by atomic mass is 10.0. The summed E-state index contributed by atoms with van der Waals surface area (Å²) in [5.41, 5.74) is 7.03. The van der Waals surface area contributed by atoms with Gasteiger partial charge in [-0.25, -0.2) is 8.42 Å². The van der Waals surface area contributed by atoms with E-state index in [1.54, 1.807) is 4.90 Å². The van der Waals surface area contributed by atoms with Gasteiger partial charge in [0, 0.05) is 12.6 Å². The minimum atomic E-state index is -3.00. The van der Waals surface area contributed by atoms with Crippen molar-refractivity contribution in [2.75, 3.05) is 18.1 Å². The predicted octanol–water partition coefficient (Wildman–Crippen LogP) is 0.592. The number of nitrogens with zero attached hydrogens (tertiary/aromatic N) is 1. The SMILES string of the molecule is CCN(C(=O)[C@@H](N)Cc1ccccc1)C1CCS(=O)(=O)C1. The number of likely N-dealkylation sites (N-methyl/N-ethyl adjacent to an activating group) is 1. The molecule has 0 aromatic heterocycles. The van der Waals surface area contributed by atoms with E-state index in [0.717, 1.165) is 5.56 Å². The highest BCUT2D eigenvalue weighted by molar-refractivity contribution is 7.91. The third-order valence-corrected chi connectivity index (χ3v) is 5.64. The minimum absolute atomic E-state index is 0.0602. The third-order valence-electron chi connectivity index (χ3n) is 3.89. The lowest BCUT2D eigenvalue weighted by Gasteiger charge is -2.29. The van der Waals surface area contributed by atoms with E-state index in [-0.39, 0.29) is 23.5 Å². The molecule has 0 radical (unpaired) electrons. The van der Waals surface area contributed by atoms with E-state index in [2.05, 4.69) is 0 Å². The van der Waals surface area contributed by atoms with Gasteiger partial charge >= 0.3 is 0 Å². The van der Waals surface area contributed by atoms with E-state index in [4.69, 9.17) is 5.73 Å². The van der Waals surface area contributed by atoms with E-state index >= 15 is 0 Å². The number of rotatable bonds is 5. The van der Waals surface area contributed by atoms with Crippen molar-refractivity contribution in [1.29, 1.82) is 0 Å². The van der Waals surface area contributed by atoms with Gasteiger partial charge in [0.15, 0.2) is 9.84 Å². The molecule has 21 heavy (non-hydrogen) atoms. The van der Waals surface area contributed by atoms with Crippen LogP contribution in [-0.4, -0.2) is 49.4 Å². The van der Waals surface area contributed by atoms with Crippen molar-refractivity contribution in [2.24, 2.45) is 5.73 Å². The van der Waals surface area contributed by atoms with Crippen LogP contribution < -0.4 is 5.73 Å². The fourth-order valence-corrected chi connectivity index (χ4v) is 4.51. The molecule has 1 aromatic carbocycles. The Bertz CT molecular complexity index is 586. The molecule has 2 N–H and O–H groups in total. The van der Waals surface area contributed by atoms with Crippen molar-refractivity contribution in [3.05, 3.63) is 35.9 Å². The van der Waals surface area contributed by atoms with Gasteiger partial charge in [-0.2, -0.15) is 0 Å². The normalized spacial score (nSPS) is 21.9. The molecule has 0 spiro atoms. The number of hydrogen-bond donors (Lipinski definition) is 1. The Hall–Kier alpha value is -1.40. The zero-order chi connectivity index (χ0) is 15.5. The van der Waals surface area contributed by atoms with Gasteiger partial charge in [-0.3, -0.25) is 4.79 Å². The Morgan fingerprint density at radius 3 is 2.57 bits per heavy atom. The molecule has 1 aliphatic heterocycles. The fourth-order valence-electron chi connectivity index (χ4n) is 2.78. The largest absolute Gasteiger partial charge is 0.338 e. The van der Waals surface area contributed by atoms with Crippen LogP contribution in [0.1, 0.15) is 18.9 Å². The number of hydrogen-bond acceptors (Lipinski definition) is 4. The molecule has 0 aliphatic carbocycles. The van der Waals surface area contributed by atoms with Gasteiger partial charge in [-0.05, 0) is 25.3 Å². The van der Waals surface area contributed by atoms with Gasteiger partial charge in [0.2, 0.25) is 5.91 Å². The average molecular weight is 310 g/mol. The summed E-state index contributed by atoms with van der Waals surface area (Å²) in [6.07, 6.45) is 0.982. The summed E-state index contributed by atoms with van der Waals surface area (Å²) >= 11 is 0. The molecular weight excluding hydrogens is 288 g/mol. The molecule has 1 saturated heterocycles. The number of nitrogens with two attached hydrogens (primary N) is 1. The maximum Gasteiger partial charge on any atom is 0.240 e. The summed E-state index contributed by atoms with van der Waals surface area (Å²) in [4.78, 5) is 14.1. The van der Waals surface area contributed by atoms with Gasteiger partial charge in [0.25, 0.3) is 0 Å². The molecule has 1 aromatic rings. The molecule has 6 heteroatoms. The van der Waals surface area contributed by atoms with Gasteiger partial charge < -0.3 is 10.6 Å².